The van der Waals surface area contributed by atoms with Crippen molar-refractivity contribution in [2.45, 2.75) is 38.1 Å². The zero-order chi connectivity index (χ0) is 12.3. The lowest BCUT2D eigenvalue weighted by Crippen LogP contribution is -2.45. The molecule has 2 saturated heterocycles. The Balaban J connectivity index is 1.76. The number of hydrogen-bond acceptors (Lipinski definition) is 3. The average molecular weight is 240 g/mol. The van der Waals surface area contributed by atoms with Gasteiger partial charge >= 0.3 is 5.97 Å². The highest BCUT2D eigenvalue weighted by Crippen LogP contribution is 2.27. The Morgan fingerprint density at radius 2 is 2.29 bits per heavy atom. The second-order valence-corrected chi connectivity index (χ2v) is 4.95. The summed E-state index contributed by atoms with van der Waals surface area (Å²) in [6.45, 7) is 2.73. The Morgan fingerprint density at radius 3 is 3.06 bits per heavy atom. The van der Waals surface area contributed by atoms with Gasteiger partial charge in [0.25, 0.3) is 0 Å². The quantitative estimate of drug-likeness (QED) is 0.685. The Kier molecular flexibility index (Phi) is 3.99. The number of nitrogens with zero attached hydrogens (tertiary/aromatic N) is 1. The molecule has 0 saturated carbocycles. The first kappa shape index (κ1) is 12.4. The number of carboxylic acids is 1. The van der Waals surface area contributed by atoms with Gasteiger partial charge < -0.3 is 10.4 Å². The van der Waals surface area contributed by atoms with Crippen molar-refractivity contribution in [3.05, 3.63) is 0 Å². The number of carbonyl (C=O) groups excluding carboxylic acids is 1. The Morgan fingerprint density at radius 1 is 1.47 bits per heavy atom. The summed E-state index contributed by atoms with van der Waals surface area (Å²) in [5.41, 5.74) is 0. The van der Waals surface area contributed by atoms with Crippen molar-refractivity contribution in [1.82, 2.24) is 10.2 Å². The molecular weight excluding hydrogens is 220 g/mol. The van der Waals surface area contributed by atoms with Crippen LogP contribution in [0.1, 0.15) is 32.1 Å². The van der Waals surface area contributed by atoms with Crippen LogP contribution in [0.15, 0.2) is 0 Å². The topological polar surface area (TPSA) is 69.6 Å². The van der Waals surface area contributed by atoms with Crippen LogP contribution < -0.4 is 5.32 Å². The number of unbranched alkanes of at least 4 members (excludes halogenated alkanes) is 1. The Bertz CT molecular complexity index is 306. The summed E-state index contributed by atoms with van der Waals surface area (Å²) in [5, 5.41) is 11.5. The van der Waals surface area contributed by atoms with Crippen molar-refractivity contribution in [2.75, 3.05) is 19.6 Å². The maximum absolute atomic E-state index is 11.6. The highest BCUT2D eigenvalue weighted by molar-refractivity contribution is 5.82. The number of nitrogens with one attached hydrogen (secondary N) is 1. The number of rotatable bonds is 5. The molecule has 5 nitrogen and oxygen atoms in total. The predicted octanol–water partition coefficient (Wildman–Crippen LogP) is 0.452. The van der Waals surface area contributed by atoms with E-state index >= 15 is 0 Å². The minimum Gasteiger partial charge on any atom is -0.481 e. The van der Waals surface area contributed by atoms with Crippen LogP contribution in [-0.4, -0.2) is 47.6 Å². The lowest BCUT2D eigenvalue weighted by Gasteiger charge is -2.35. The van der Waals surface area contributed by atoms with Crippen LogP contribution in [-0.2, 0) is 9.59 Å². The van der Waals surface area contributed by atoms with Crippen LogP contribution in [0.4, 0.5) is 0 Å². The predicted molar refractivity (Wildman–Crippen MR) is 62.6 cm³/mol. The van der Waals surface area contributed by atoms with Crippen LogP contribution in [0.5, 0.6) is 0 Å². The van der Waals surface area contributed by atoms with E-state index in [0.29, 0.717) is 6.04 Å². The van der Waals surface area contributed by atoms with Gasteiger partial charge in [0.1, 0.15) is 0 Å². The van der Waals surface area contributed by atoms with E-state index in [-0.39, 0.29) is 18.2 Å². The van der Waals surface area contributed by atoms with Gasteiger partial charge in [-0.15, -0.1) is 0 Å². The van der Waals surface area contributed by atoms with Gasteiger partial charge in [-0.2, -0.15) is 0 Å². The molecule has 2 atom stereocenters. The SMILES string of the molecule is O=C(O)CCCCN1CCCC2C(=O)NCC21. The molecule has 0 aromatic heterocycles. The van der Waals surface area contributed by atoms with Crippen molar-refractivity contribution in [1.29, 1.82) is 0 Å². The highest BCUT2D eigenvalue weighted by atomic mass is 16.4. The fraction of sp³-hybridized carbons (Fsp3) is 0.833. The van der Waals surface area contributed by atoms with Crippen LogP contribution in [0, 0.1) is 5.92 Å². The second-order valence-electron chi connectivity index (χ2n) is 4.95. The van der Waals surface area contributed by atoms with Gasteiger partial charge in [-0.1, -0.05) is 0 Å². The van der Waals surface area contributed by atoms with Gasteiger partial charge in [-0.25, -0.2) is 0 Å². The maximum atomic E-state index is 11.6. The standard InChI is InChI=1S/C12H20N2O3/c15-11(16)5-1-2-6-14-7-3-4-9-10(14)8-13-12(9)17/h9-10H,1-8H2,(H,13,17)(H,15,16). The summed E-state index contributed by atoms with van der Waals surface area (Å²) in [4.78, 5) is 24.3. The smallest absolute Gasteiger partial charge is 0.303 e. The number of carboxylic acid groups (broad SMARTS) is 1. The lowest BCUT2D eigenvalue weighted by atomic mass is 9.91. The van der Waals surface area contributed by atoms with Crippen LogP contribution in [0.3, 0.4) is 0 Å². The zero-order valence-electron chi connectivity index (χ0n) is 10.0. The number of fused-ring (bicyclic) bond motifs is 1. The van der Waals surface area contributed by atoms with Crippen molar-refractivity contribution >= 4 is 11.9 Å². The second kappa shape index (κ2) is 5.49. The van der Waals surface area contributed by atoms with Gasteiger partial charge in [0.05, 0.1) is 5.92 Å². The van der Waals surface area contributed by atoms with E-state index in [2.05, 4.69) is 10.2 Å². The van der Waals surface area contributed by atoms with Crippen molar-refractivity contribution in [2.24, 2.45) is 5.92 Å². The first-order valence-corrected chi connectivity index (χ1v) is 6.42. The Labute approximate surface area is 101 Å². The van der Waals surface area contributed by atoms with Gasteiger partial charge in [0, 0.05) is 19.0 Å². The monoisotopic (exact) mass is 240 g/mol. The molecule has 2 rings (SSSR count). The summed E-state index contributed by atoms with van der Waals surface area (Å²) in [6, 6.07) is 0.348. The summed E-state index contributed by atoms with van der Waals surface area (Å²) >= 11 is 0. The van der Waals surface area contributed by atoms with E-state index in [4.69, 9.17) is 5.11 Å². The van der Waals surface area contributed by atoms with Gasteiger partial charge in [0.2, 0.25) is 5.91 Å². The zero-order valence-corrected chi connectivity index (χ0v) is 10.0. The van der Waals surface area contributed by atoms with Gasteiger partial charge in [-0.05, 0) is 38.8 Å². The molecule has 17 heavy (non-hydrogen) atoms. The number of piperidine rings is 1. The molecule has 0 radical (unpaired) electrons. The summed E-state index contributed by atoms with van der Waals surface area (Å²) in [5.74, 6) is -0.354. The minimum atomic E-state index is -0.723. The molecule has 0 bridgehead atoms. The summed E-state index contributed by atoms with van der Waals surface area (Å²) in [7, 11) is 0. The van der Waals surface area contributed by atoms with Gasteiger partial charge in [0.15, 0.2) is 0 Å². The molecule has 0 aromatic carbocycles. The molecule has 2 unspecified atom stereocenters. The molecule has 2 heterocycles. The van der Waals surface area contributed by atoms with Gasteiger partial charge in [-0.3, -0.25) is 14.5 Å². The van der Waals surface area contributed by atoms with E-state index in [9.17, 15) is 9.59 Å². The molecule has 2 aliphatic heterocycles. The molecule has 0 spiro atoms. The molecule has 2 aliphatic rings. The van der Waals surface area contributed by atoms with E-state index in [0.717, 1.165) is 45.3 Å². The first-order chi connectivity index (χ1) is 8.18. The lowest BCUT2D eigenvalue weighted by molar-refractivity contribution is -0.137. The first-order valence-electron chi connectivity index (χ1n) is 6.42. The fourth-order valence-corrected chi connectivity index (χ4v) is 2.91. The van der Waals surface area contributed by atoms with Crippen LogP contribution in [0.2, 0.25) is 0 Å². The number of likely N-dealkylation sites (tertiary alicyclic amines) is 1. The molecule has 0 aromatic rings. The number of aliphatic carboxylic acids is 1. The minimum absolute atomic E-state index is 0.170. The van der Waals surface area contributed by atoms with E-state index in [1.165, 1.54) is 0 Å². The highest BCUT2D eigenvalue weighted by Gasteiger charge is 2.40. The van der Waals surface area contributed by atoms with Crippen LogP contribution >= 0.6 is 0 Å². The van der Waals surface area contributed by atoms with Crippen molar-refractivity contribution < 1.29 is 14.7 Å². The fourth-order valence-electron chi connectivity index (χ4n) is 2.91. The number of amides is 1. The largest absolute Gasteiger partial charge is 0.481 e. The summed E-state index contributed by atoms with van der Waals surface area (Å²) in [6.07, 6.45) is 3.96. The molecule has 5 heteroatoms. The summed E-state index contributed by atoms with van der Waals surface area (Å²) < 4.78 is 0. The third kappa shape index (κ3) is 2.97. The maximum Gasteiger partial charge on any atom is 0.303 e. The third-order valence-electron chi connectivity index (χ3n) is 3.80. The van der Waals surface area contributed by atoms with E-state index < -0.39 is 5.97 Å². The van der Waals surface area contributed by atoms with E-state index in [1.807, 2.05) is 0 Å². The molecular formula is C12H20N2O3. The third-order valence-corrected chi connectivity index (χ3v) is 3.80. The number of hydrogen-bond donors (Lipinski definition) is 2. The normalized spacial score (nSPS) is 28.8. The molecule has 2 fully saturated rings. The van der Waals surface area contributed by atoms with E-state index in [1.54, 1.807) is 0 Å². The molecule has 2 N–H and O–H groups in total. The molecule has 96 valence electrons. The number of carbonyl (C=O) groups is 2. The average Bonchev–Trinajstić information content (AvgIpc) is 2.67. The molecule has 0 aliphatic carbocycles. The van der Waals surface area contributed by atoms with Crippen molar-refractivity contribution in [3.8, 4) is 0 Å². The van der Waals surface area contributed by atoms with Crippen molar-refractivity contribution in [3.63, 3.8) is 0 Å². The Hall–Kier alpha value is -1.10. The van der Waals surface area contributed by atoms with Crippen LogP contribution in [0.25, 0.3) is 0 Å². The molecule has 1 amide bonds.